The van der Waals surface area contributed by atoms with Gasteiger partial charge in [0.1, 0.15) is 18.2 Å². The Kier molecular flexibility index (Phi) is 9.23. The number of ether oxygens (including phenoxy) is 1. The van der Waals surface area contributed by atoms with Gasteiger partial charge in [-0.05, 0) is 60.9 Å². The number of piperazine rings is 1. The van der Waals surface area contributed by atoms with Crippen LogP contribution in [-0.2, 0) is 29.1 Å². The monoisotopic (exact) mass is 530 g/mol. The number of aryl methyl sites for hydroxylation is 4. The smallest absolute Gasteiger partial charge is 0.322 e. The number of carbonyl (C=O) groups excluding carboxylic acids is 1. The van der Waals surface area contributed by atoms with E-state index in [1.54, 1.807) is 5.06 Å². The number of hydroxylamine groups is 2. The molecular weight excluding hydrogens is 488 g/mol. The highest BCUT2D eigenvalue weighted by atomic mass is 16.7. The largest absolute Gasteiger partial charge is 0.488 e. The molecule has 3 aromatic rings. The van der Waals surface area contributed by atoms with Crippen molar-refractivity contribution in [3.8, 4) is 17.1 Å². The molecule has 7 heteroatoms. The third-order valence-corrected chi connectivity index (χ3v) is 7.46. The predicted molar refractivity (Wildman–Crippen MR) is 156 cm³/mol. The first kappa shape index (κ1) is 28.6. The second-order valence-electron chi connectivity index (χ2n) is 10.6. The highest BCUT2D eigenvalue weighted by Crippen LogP contribution is 2.32. The summed E-state index contributed by atoms with van der Waals surface area (Å²) in [6, 6.07) is 12.9. The topological polar surface area (TPSA) is 67.8 Å². The van der Waals surface area contributed by atoms with Crippen LogP contribution in [0.3, 0.4) is 0 Å². The summed E-state index contributed by atoms with van der Waals surface area (Å²) in [6.07, 6.45) is 1.83. The number of hydrogen-bond donors (Lipinski definition) is 0. The summed E-state index contributed by atoms with van der Waals surface area (Å²) in [4.78, 5) is 29.4. The van der Waals surface area contributed by atoms with Gasteiger partial charge < -0.3 is 14.5 Å². The van der Waals surface area contributed by atoms with E-state index in [2.05, 4.69) is 82.8 Å². The van der Waals surface area contributed by atoms with E-state index in [4.69, 9.17) is 19.5 Å². The molecule has 7 nitrogen and oxygen atoms in total. The molecule has 0 aliphatic carbocycles. The number of anilines is 1. The first-order chi connectivity index (χ1) is 18.7. The van der Waals surface area contributed by atoms with Crippen LogP contribution in [0.1, 0.15) is 74.0 Å². The molecule has 1 aliphatic rings. The molecule has 0 atom stereocenters. The fraction of sp³-hybridized carbons (Fsp3) is 0.469. The van der Waals surface area contributed by atoms with Crippen LogP contribution in [0.4, 0.5) is 5.82 Å². The maximum atomic E-state index is 11.5. The van der Waals surface area contributed by atoms with Gasteiger partial charge in [-0.1, -0.05) is 58.0 Å². The molecule has 0 bridgehead atoms. The minimum atomic E-state index is -0.292. The summed E-state index contributed by atoms with van der Waals surface area (Å²) >= 11 is 0. The molecule has 2 aromatic carbocycles. The molecule has 0 spiro atoms. The number of carbonyl (C=O) groups is 1. The summed E-state index contributed by atoms with van der Waals surface area (Å²) in [5, 5.41) is 1.73. The van der Waals surface area contributed by atoms with Crippen molar-refractivity contribution in [3.05, 3.63) is 69.9 Å². The lowest BCUT2D eigenvalue weighted by atomic mass is 9.96. The molecule has 0 N–H and O–H groups in total. The molecule has 0 amide bonds. The molecule has 0 unspecified atom stereocenters. The Morgan fingerprint density at radius 2 is 1.64 bits per heavy atom. The number of nitrogens with zero attached hydrogens (tertiary/aromatic N) is 4. The van der Waals surface area contributed by atoms with Crippen molar-refractivity contribution in [2.45, 2.75) is 73.8 Å². The normalized spacial score (nSPS) is 14.1. The lowest BCUT2D eigenvalue weighted by Crippen LogP contribution is -2.47. The van der Waals surface area contributed by atoms with Gasteiger partial charge >= 0.3 is 5.97 Å². The van der Waals surface area contributed by atoms with Crippen LogP contribution in [0, 0.1) is 13.8 Å². The maximum Gasteiger partial charge on any atom is 0.322 e. The third kappa shape index (κ3) is 6.59. The Morgan fingerprint density at radius 3 is 2.23 bits per heavy atom. The quantitative estimate of drug-likeness (QED) is 0.327. The zero-order valence-electron chi connectivity index (χ0n) is 24.5. The van der Waals surface area contributed by atoms with Gasteiger partial charge in [-0.15, -0.1) is 5.06 Å². The number of aromatic nitrogens is 2. The van der Waals surface area contributed by atoms with Crippen molar-refractivity contribution < 1.29 is 14.4 Å². The Morgan fingerprint density at radius 1 is 0.974 bits per heavy atom. The van der Waals surface area contributed by atoms with Crippen LogP contribution in [0.15, 0.2) is 36.4 Å². The number of benzene rings is 2. The maximum absolute atomic E-state index is 11.5. The van der Waals surface area contributed by atoms with E-state index in [0.29, 0.717) is 38.7 Å². The molecule has 1 fully saturated rings. The van der Waals surface area contributed by atoms with Crippen molar-refractivity contribution in [1.29, 1.82) is 0 Å². The highest BCUT2D eigenvalue weighted by Gasteiger charge is 2.26. The van der Waals surface area contributed by atoms with Gasteiger partial charge in [-0.3, -0.25) is 4.79 Å². The van der Waals surface area contributed by atoms with E-state index in [-0.39, 0.29) is 5.97 Å². The molecule has 1 saturated heterocycles. The number of rotatable bonds is 9. The van der Waals surface area contributed by atoms with E-state index in [9.17, 15) is 4.79 Å². The summed E-state index contributed by atoms with van der Waals surface area (Å²) in [5.74, 6) is 2.68. The highest BCUT2D eigenvalue weighted by molar-refractivity contribution is 5.68. The van der Waals surface area contributed by atoms with Crippen LogP contribution < -0.4 is 9.64 Å². The molecule has 1 aromatic heterocycles. The summed E-state index contributed by atoms with van der Waals surface area (Å²) in [5.41, 5.74) is 7.91. The van der Waals surface area contributed by atoms with E-state index in [0.717, 1.165) is 52.6 Å². The van der Waals surface area contributed by atoms with Crippen LogP contribution in [0.2, 0.25) is 0 Å². The van der Waals surface area contributed by atoms with Gasteiger partial charge in [0.25, 0.3) is 0 Å². The molecule has 1 aliphatic heterocycles. The molecule has 4 rings (SSSR count). The van der Waals surface area contributed by atoms with Crippen LogP contribution in [-0.4, -0.2) is 47.2 Å². The summed E-state index contributed by atoms with van der Waals surface area (Å²) < 4.78 is 6.45. The summed E-state index contributed by atoms with van der Waals surface area (Å²) in [7, 11) is 0. The zero-order chi connectivity index (χ0) is 28.1. The zero-order valence-corrected chi connectivity index (χ0v) is 24.5. The fourth-order valence-electron chi connectivity index (χ4n) is 5.11. The van der Waals surface area contributed by atoms with E-state index < -0.39 is 0 Å². The Balaban J connectivity index is 1.74. The first-order valence-electron chi connectivity index (χ1n) is 14.1. The molecule has 2 heterocycles. The molecular formula is C32H42N4O3. The molecule has 39 heavy (non-hydrogen) atoms. The Bertz CT molecular complexity index is 1290. The first-order valence-corrected chi connectivity index (χ1v) is 14.1. The van der Waals surface area contributed by atoms with Crippen LogP contribution in [0.5, 0.6) is 5.75 Å². The number of hydrogen-bond acceptors (Lipinski definition) is 7. The van der Waals surface area contributed by atoms with E-state index in [1.165, 1.54) is 23.6 Å². The molecule has 208 valence electrons. The second kappa shape index (κ2) is 12.6. The fourth-order valence-corrected chi connectivity index (χ4v) is 5.11. The van der Waals surface area contributed by atoms with Crippen molar-refractivity contribution in [2.75, 3.05) is 31.1 Å². The van der Waals surface area contributed by atoms with Crippen LogP contribution in [0.25, 0.3) is 11.4 Å². The lowest BCUT2D eigenvalue weighted by Gasteiger charge is -2.35. The van der Waals surface area contributed by atoms with Gasteiger partial charge in [-0.2, -0.15) is 0 Å². The Labute approximate surface area is 233 Å². The van der Waals surface area contributed by atoms with Crippen molar-refractivity contribution in [2.24, 2.45) is 0 Å². The summed E-state index contributed by atoms with van der Waals surface area (Å²) in [6.45, 7) is 17.3. The lowest BCUT2D eigenvalue weighted by molar-refractivity contribution is -0.188. The predicted octanol–water partition coefficient (Wildman–Crippen LogP) is 6.19. The second-order valence-corrected chi connectivity index (χ2v) is 10.6. The molecule has 0 saturated carbocycles. The minimum Gasteiger partial charge on any atom is -0.488 e. The van der Waals surface area contributed by atoms with Gasteiger partial charge in [0.2, 0.25) is 0 Å². The van der Waals surface area contributed by atoms with Crippen molar-refractivity contribution >= 4 is 11.8 Å². The van der Waals surface area contributed by atoms with E-state index in [1.807, 2.05) is 0 Å². The SMILES string of the molecule is CCc1cccc(CC)c1-c1nc(C)c(COc2cc(C(C)C)ccc2C)c(N2CCN(OC(C)=O)CC2)n1. The Hall–Kier alpha value is -3.45. The average Bonchev–Trinajstić information content (AvgIpc) is 2.92. The van der Waals surface area contributed by atoms with Crippen molar-refractivity contribution in [1.82, 2.24) is 15.0 Å². The van der Waals surface area contributed by atoms with Gasteiger partial charge in [0.15, 0.2) is 5.82 Å². The van der Waals surface area contributed by atoms with Crippen molar-refractivity contribution in [3.63, 3.8) is 0 Å². The van der Waals surface area contributed by atoms with Gasteiger partial charge in [-0.25, -0.2) is 9.97 Å². The molecule has 0 radical (unpaired) electrons. The standard InChI is InChI=1S/C32H42N4O3/c1-8-25-11-10-12-26(9-2)30(25)31-33-23(6)28(20-38-29-19-27(21(3)4)14-13-22(29)5)32(34-31)35-15-17-36(18-16-35)39-24(7)37/h10-14,19,21H,8-9,15-18,20H2,1-7H3. The van der Waals surface area contributed by atoms with Crippen LogP contribution >= 0.6 is 0 Å². The average molecular weight is 531 g/mol. The van der Waals surface area contributed by atoms with E-state index >= 15 is 0 Å². The minimum absolute atomic E-state index is 0.292. The van der Waals surface area contributed by atoms with Gasteiger partial charge in [0, 0.05) is 25.6 Å². The third-order valence-electron chi connectivity index (χ3n) is 7.46. The van der Waals surface area contributed by atoms with Gasteiger partial charge in [0.05, 0.1) is 24.3 Å².